The van der Waals surface area contributed by atoms with Gasteiger partial charge in [0.25, 0.3) is 0 Å². The number of benzene rings is 2. The number of carbonyl (C=O) groups is 2. The minimum Gasteiger partial charge on any atom is -0.465 e. The largest absolute Gasteiger partial charge is 0.465 e. The van der Waals surface area contributed by atoms with Gasteiger partial charge in [0.1, 0.15) is 4.83 Å². The zero-order chi connectivity index (χ0) is 26.3. The molecule has 0 radical (unpaired) electrons. The molecule has 0 unspecified atom stereocenters. The van der Waals surface area contributed by atoms with Crippen LogP contribution in [0.25, 0.3) is 26.3 Å². The van der Waals surface area contributed by atoms with Gasteiger partial charge in [-0.2, -0.15) is 0 Å². The molecule has 0 bridgehead atoms. The van der Waals surface area contributed by atoms with Crippen molar-refractivity contribution in [3.8, 4) is 11.3 Å². The topological polar surface area (TPSA) is 85.5 Å². The van der Waals surface area contributed by atoms with E-state index in [9.17, 15) is 28.6 Å². The van der Waals surface area contributed by atoms with Gasteiger partial charge in [-0.3, -0.25) is 4.40 Å². The lowest BCUT2D eigenvalue weighted by Gasteiger charge is -2.27. The quantitative estimate of drug-likeness (QED) is 0.281. The van der Waals surface area contributed by atoms with Crippen molar-refractivity contribution in [3.63, 3.8) is 0 Å². The second-order valence-corrected chi connectivity index (χ2v) is 10.2. The number of fused-ring (bicyclic) bond motifs is 3. The van der Waals surface area contributed by atoms with Gasteiger partial charge in [0, 0.05) is 28.8 Å². The number of para-hydroxylation sites is 1. The van der Waals surface area contributed by atoms with E-state index in [2.05, 4.69) is 0 Å². The SMILES string of the molecule is CC(C)N(Cc1c(CN(C(=O)O)C(C)C)c2sc3ccccc3n2c1-c1ccc(F)c(F)c1)C(=O)O. The summed E-state index contributed by atoms with van der Waals surface area (Å²) in [6.45, 7) is 6.98. The monoisotopic (exact) mass is 515 g/mol. The van der Waals surface area contributed by atoms with Crippen LogP contribution in [0.1, 0.15) is 38.8 Å². The molecule has 7 nitrogen and oxygen atoms in total. The fourth-order valence-electron chi connectivity index (χ4n) is 4.38. The summed E-state index contributed by atoms with van der Waals surface area (Å²) in [5.74, 6) is -2.02. The Bertz CT molecular complexity index is 1460. The van der Waals surface area contributed by atoms with E-state index in [1.165, 1.54) is 27.2 Å². The van der Waals surface area contributed by atoms with Crippen molar-refractivity contribution in [2.75, 3.05) is 0 Å². The van der Waals surface area contributed by atoms with Crippen molar-refractivity contribution in [1.29, 1.82) is 0 Å². The highest BCUT2D eigenvalue weighted by molar-refractivity contribution is 7.24. The van der Waals surface area contributed by atoms with Gasteiger partial charge in [0.05, 0.1) is 29.0 Å². The van der Waals surface area contributed by atoms with E-state index >= 15 is 0 Å². The normalized spacial score (nSPS) is 11.7. The highest BCUT2D eigenvalue weighted by Crippen LogP contribution is 2.41. The number of hydrogen-bond donors (Lipinski definition) is 2. The van der Waals surface area contributed by atoms with Crippen LogP contribution in [-0.2, 0) is 13.1 Å². The maximum Gasteiger partial charge on any atom is 0.407 e. The Morgan fingerprint density at radius 2 is 1.47 bits per heavy atom. The fraction of sp³-hybridized carbons (Fsp3) is 0.308. The molecule has 0 saturated heterocycles. The molecular weight excluding hydrogens is 488 g/mol. The molecule has 0 aliphatic rings. The lowest BCUT2D eigenvalue weighted by molar-refractivity contribution is 0.124. The highest BCUT2D eigenvalue weighted by Gasteiger charge is 2.30. The molecule has 0 saturated carbocycles. The Labute approximate surface area is 210 Å². The summed E-state index contributed by atoms with van der Waals surface area (Å²) in [5, 5.41) is 19.8. The average Bonchev–Trinajstić information content (AvgIpc) is 3.31. The minimum absolute atomic E-state index is 0.00782. The van der Waals surface area contributed by atoms with Crippen LogP contribution < -0.4 is 0 Å². The highest BCUT2D eigenvalue weighted by atomic mass is 32.1. The number of amides is 2. The van der Waals surface area contributed by atoms with E-state index in [1.54, 1.807) is 27.7 Å². The van der Waals surface area contributed by atoms with Gasteiger partial charge in [0.15, 0.2) is 11.6 Å². The summed E-state index contributed by atoms with van der Waals surface area (Å²) in [6.07, 6.45) is -2.24. The molecule has 0 spiro atoms. The van der Waals surface area contributed by atoms with E-state index in [0.717, 1.165) is 27.2 Å². The molecular formula is C26H27F2N3O4S. The van der Waals surface area contributed by atoms with E-state index in [-0.39, 0.29) is 25.2 Å². The number of rotatable bonds is 7. The molecule has 2 heterocycles. The molecule has 10 heteroatoms. The third kappa shape index (κ3) is 4.48. The van der Waals surface area contributed by atoms with Gasteiger partial charge in [-0.25, -0.2) is 18.4 Å². The average molecular weight is 516 g/mol. The van der Waals surface area contributed by atoms with Crippen molar-refractivity contribution in [2.24, 2.45) is 0 Å². The first-order valence-corrected chi connectivity index (χ1v) is 12.3. The van der Waals surface area contributed by atoms with Crippen LogP contribution in [0.2, 0.25) is 0 Å². The smallest absolute Gasteiger partial charge is 0.407 e. The van der Waals surface area contributed by atoms with Gasteiger partial charge in [0.2, 0.25) is 0 Å². The zero-order valence-electron chi connectivity index (χ0n) is 20.3. The van der Waals surface area contributed by atoms with Crippen LogP contribution in [0, 0.1) is 11.6 Å². The molecule has 0 aliphatic carbocycles. The summed E-state index contributed by atoms with van der Waals surface area (Å²) in [7, 11) is 0. The number of aromatic nitrogens is 1. The van der Waals surface area contributed by atoms with Crippen molar-refractivity contribution in [3.05, 3.63) is 65.2 Å². The molecule has 2 aromatic carbocycles. The summed E-state index contributed by atoms with van der Waals surface area (Å²) >= 11 is 1.44. The molecule has 190 valence electrons. The number of hydrogen-bond acceptors (Lipinski definition) is 3. The minimum atomic E-state index is -1.13. The molecule has 2 N–H and O–H groups in total. The summed E-state index contributed by atoms with van der Waals surface area (Å²) in [4.78, 5) is 27.5. The first kappa shape index (κ1) is 25.4. The maximum atomic E-state index is 14.4. The summed E-state index contributed by atoms with van der Waals surface area (Å²) < 4.78 is 31.1. The van der Waals surface area contributed by atoms with Crippen LogP contribution in [0.3, 0.4) is 0 Å². The number of carboxylic acid groups (broad SMARTS) is 2. The van der Waals surface area contributed by atoms with Crippen molar-refractivity contribution >= 4 is 38.6 Å². The third-order valence-electron chi connectivity index (χ3n) is 6.24. The van der Waals surface area contributed by atoms with Crippen LogP contribution in [-0.4, -0.2) is 48.7 Å². The van der Waals surface area contributed by atoms with Crippen molar-refractivity contribution < 1.29 is 28.6 Å². The zero-order valence-corrected chi connectivity index (χ0v) is 21.1. The van der Waals surface area contributed by atoms with Gasteiger partial charge in [-0.1, -0.05) is 12.1 Å². The van der Waals surface area contributed by atoms with Gasteiger partial charge in [-0.15, -0.1) is 11.3 Å². The Morgan fingerprint density at radius 1 is 0.889 bits per heavy atom. The fourth-order valence-corrected chi connectivity index (χ4v) is 5.59. The van der Waals surface area contributed by atoms with Crippen LogP contribution >= 0.6 is 11.3 Å². The first-order chi connectivity index (χ1) is 17.0. The Hall–Kier alpha value is -3.66. The second kappa shape index (κ2) is 9.77. The number of halogens is 2. The molecule has 4 rings (SSSR count). The molecule has 36 heavy (non-hydrogen) atoms. The lowest BCUT2D eigenvalue weighted by Crippen LogP contribution is -2.37. The lowest BCUT2D eigenvalue weighted by atomic mass is 10.0. The van der Waals surface area contributed by atoms with Gasteiger partial charge in [-0.05, 0) is 58.0 Å². The van der Waals surface area contributed by atoms with E-state index in [1.807, 2.05) is 28.7 Å². The van der Waals surface area contributed by atoms with E-state index in [4.69, 9.17) is 0 Å². The van der Waals surface area contributed by atoms with E-state index < -0.39 is 23.8 Å². The van der Waals surface area contributed by atoms with Crippen molar-refractivity contribution in [1.82, 2.24) is 14.2 Å². The Balaban J connectivity index is 2.11. The predicted molar refractivity (Wildman–Crippen MR) is 136 cm³/mol. The maximum absolute atomic E-state index is 14.4. The first-order valence-electron chi connectivity index (χ1n) is 11.5. The van der Waals surface area contributed by atoms with Crippen LogP contribution in [0.15, 0.2) is 42.5 Å². The van der Waals surface area contributed by atoms with Crippen LogP contribution in [0.4, 0.5) is 18.4 Å². The molecule has 0 fully saturated rings. The number of thiazole rings is 1. The van der Waals surface area contributed by atoms with Crippen molar-refractivity contribution in [2.45, 2.75) is 52.9 Å². The Kier molecular flexibility index (Phi) is 6.90. The summed E-state index contributed by atoms with van der Waals surface area (Å²) in [5.41, 5.74) is 2.88. The Morgan fingerprint density at radius 3 is 2.03 bits per heavy atom. The van der Waals surface area contributed by atoms with E-state index in [0.29, 0.717) is 22.4 Å². The standard InChI is InChI=1S/C26H27F2N3O4S/c1-14(2)29(25(32)33)12-17-18(13-30(15(3)4)26(34)35)24-31(21-7-5-6-8-22(21)36-24)23(17)16-9-10-19(27)20(28)11-16/h5-11,14-15H,12-13H2,1-4H3,(H,32,33)(H,34,35). The molecule has 2 aromatic heterocycles. The predicted octanol–water partition coefficient (Wildman–Crippen LogP) is 6.88. The van der Waals surface area contributed by atoms with Crippen LogP contribution in [0.5, 0.6) is 0 Å². The number of nitrogens with zero attached hydrogens (tertiary/aromatic N) is 3. The summed E-state index contributed by atoms with van der Waals surface area (Å²) in [6, 6.07) is 10.4. The van der Waals surface area contributed by atoms with Gasteiger partial charge < -0.3 is 20.0 Å². The second-order valence-electron chi connectivity index (χ2n) is 9.15. The third-order valence-corrected chi connectivity index (χ3v) is 7.42. The molecule has 0 aliphatic heterocycles. The molecule has 2 amide bonds. The molecule has 4 aromatic rings. The molecule has 0 atom stereocenters. The van der Waals surface area contributed by atoms with Gasteiger partial charge >= 0.3 is 12.2 Å².